The van der Waals surface area contributed by atoms with Gasteiger partial charge in [-0.3, -0.25) is 4.79 Å². The number of furan rings is 1. The highest BCUT2D eigenvalue weighted by Gasteiger charge is 2.37. The Morgan fingerprint density at radius 1 is 1.21 bits per heavy atom. The van der Waals surface area contributed by atoms with Crippen LogP contribution in [0.25, 0.3) is 21.9 Å². The number of sulfone groups is 1. The maximum Gasteiger partial charge on any atom is 0.340 e. The third kappa shape index (κ3) is 3.34. The topological polar surface area (TPSA) is 127 Å². The van der Waals surface area contributed by atoms with E-state index >= 15 is 0 Å². The second kappa shape index (κ2) is 6.70. The molecule has 0 saturated carbocycles. The van der Waals surface area contributed by atoms with Crippen molar-refractivity contribution in [1.82, 2.24) is 5.32 Å². The van der Waals surface area contributed by atoms with Crippen molar-refractivity contribution in [2.45, 2.75) is 39.3 Å². The smallest absolute Gasteiger partial charge is 0.340 e. The highest BCUT2D eigenvalue weighted by molar-refractivity contribution is 7.91. The number of carbonyl (C=O) groups excluding carboxylic acids is 1. The van der Waals surface area contributed by atoms with Gasteiger partial charge in [0.05, 0.1) is 47.3 Å². The second-order valence-corrected chi connectivity index (χ2v) is 9.83. The molecule has 1 aliphatic heterocycles. The van der Waals surface area contributed by atoms with Crippen LogP contribution in [0.15, 0.2) is 26.0 Å². The molecule has 8 nitrogen and oxygen atoms in total. The molecule has 0 unspecified atom stereocenters. The van der Waals surface area contributed by atoms with Crippen LogP contribution in [-0.4, -0.2) is 43.1 Å². The second-order valence-electron chi connectivity index (χ2n) is 7.68. The summed E-state index contributed by atoms with van der Waals surface area (Å²) < 4.78 is 34.4. The van der Waals surface area contributed by atoms with E-state index in [2.05, 4.69) is 5.32 Å². The number of aliphatic hydroxyl groups excluding tert-OH is 1. The lowest BCUT2D eigenvalue weighted by atomic mass is 9.98. The molecule has 1 aliphatic rings. The van der Waals surface area contributed by atoms with Gasteiger partial charge in [-0.2, -0.15) is 0 Å². The molecule has 2 N–H and O–H groups in total. The zero-order valence-electron chi connectivity index (χ0n) is 16.2. The van der Waals surface area contributed by atoms with Crippen molar-refractivity contribution in [3.05, 3.63) is 45.0 Å². The van der Waals surface area contributed by atoms with Crippen LogP contribution in [0, 0.1) is 20.8 Å². The Balaban J connectivity index is 1.73. The van der Waals surface area contributed by atoms with Gasteiger partial charge in [-0.05, 0) is 43.5 Å². The van der Waals surface area contributed by atoms with Crippen molar-refractivity contribution in [1.29, 1.82) is 0 Å². The van der Waals surface area contributed by atoms with Gasteiger partial charge in [-0.25, -0.2) is 13.2 Å². The van der Waals surface area contributed by atoms with Crippen LogP contribution in [0.3, 0.4) is 0 Å². The summed E-state index contributed by atoms with van der Waals surface area (Å²) in [6.07, 6.45) is 0.185. The molecule has 9 heteroatoms. The fourth-order valence-corrected chi connectivity index (χ4v) is 5.80. The lowest BCUT2D eigenvalue weighted by Gasteiger charge is -2.15. The predicted molar refractivity (Wildman–Crippen MR) is 107 cm³/mol. The Hall–Kier alpha value is -2.65. The molecule has 1 aromatic carbocycles. The van der Waals surface area contributed by atoms with Gasteiger partial charge in [-0.1, -0.05) is 0 Å². The molecule has 2 aromatic heterocycles. The summed E-state index contributed by atoms with van der Waals surface area (Å²) in [6, 6.07) is 0.889. The van der Waals surface area contributed by atoms with Crippen molar-refractivity contribution >= 4 is 37.7 Å². The van der Waals surface area contributed by atoms with Crippen LogP contribution in [0.5, 0.6) is 0 Å². The third-order valence-electron chi connectivity index (χ3n) is 5.47. The number of carbonyl (C=O) groups is 1. The molecule has 0 spiro atoms. The third-order valence-corrected chi connectivity index (χ3v) is 7.19. The molecule has 1 amide bonds. The van der Waals surface area contributed by atoms with Crippen LogP contribution in [0.2, 0.25) is 0 Å². The largest absolute Gasteiger partial charge is 0.463 e. The van der Waals surface area contributed by atoms with Gasteiger partial charge in [0.1, 0.15) is 11.2 Å². The summed E-state index contributed by atoms with van der Waals surface area (Å²) in [7, 11) is -3.39. The average Bonchev–Trinajstić information content (AvgIpc) is 3.10. The Bertz CT molecular complexity index is 1320. The summed E-state index contributed by atoms with van der Waals surface area (Å²) in [5.74, 6) is -1.26. The zero-order valence-corrected chi connectivity index (χ0v) is 17.1. The minimum absolute atomic E-state index is 0.171. The minimum Gasteiger partial charge on any atom is -0.463 e. The number of hydrogen-bond acceptors (Lipinski definition) is 7. The number of rotatable bonds is 3. The van der Waals surface area contributed by atoms with Gasteiger partial charge in [0.25, 0.3) is 0 Å². The molecule has 0 radical (unpaired) electrons. The zero-order chi connectivity index (χ0) is 21.1. The van der Waals surface area contributed by atoms with Crippen molar-refractivity contribution in [3.8, 4) is 0 Å². The first-order chi connectivity index (χ1) is 13.6. The maximum absolute atomic E-state index is 12.5. The molecule has 1 saturated heterocycles. The van der Waals surface area contributed by atoms with E-state index in [-0.39, 0.29) is 23.5 Å². The standard InChI is InChI=1S/C20H21NO7S/c1-9-4-15-18(19-17(9)10(2)6-27-19)11(3)12(20(24)28-15)5-16(23)21-13-7-29(25,26)8-14(13)22/h4,6,13-14,22H,5,7-8H2,1-3H3,(H,21,23)/t13-,14-/m1/s1. The molecule has 1 fully saturated rings. The van der Waals surface area contributed by atoms with Gasteiger partial charge in [-0.15, -0.1) is 0 Å². The molecule has 154 valence electrons. The van der Waals surface area contributed by atoms with E-state index in [9.17, 15) is 23.1 Å². The highest BCUT2D eigenvalue weighted by atomic mass is 32.2. The molecule has 3 aromatic rings. The molecule has 2 atom stereocenters. The van der Waals surface area contributed by atoms with Gasteiger partial charge < -0.3 is 19.3 Å². The number of amides is 1. The Morgan fingerprint density at radius 2 is 1.93 bits per heavy atom. The average molecular weight is 419 g/mol. The van der Waals surface area contributed by atoms with Crippen LogP contribution >= 0.6 is 0 Å². The van der Waals surface area contributed by atoms with Crippen LogP contribution in [0.1, 0.15) is 22.3 Å². The quantitative estimate of drug-likeness (QED) is 0.612. The van der Waals surface area contributed by atoms with E-state index in [1.807, 2.05) is 13.8 Å². The van der Waals surface area contributed by atoms with Gasteiger partial charge in [0, 0.05) is 5.39 Å². The molecular formula is C20H21NO7S. The first kappa shape index (κ1) is 19.7. The summed E-state index contributed by atoms with van der Waals surface area (Å²) in [6.45, 7) is 5.56. The van der Waals surface area contributed by atoms with E-state index < -0.39 is 33.5 Å². The Labute approximate surface area is 166 Å². The van der Waals surface area contributed by atoms with E-state index in [1.165, 1.54) is 0 Å². The van der Waals surface area contributed by atoms with Crippen molar-refractivity contribution in [2.24, 2.45) is 0 Å². The summed E-state index contributed by atoms with van der Waals surface area (Å²) in [5.41, 5.74) is 2.97. The first-order valence-corrected chi connectivity index (χ1v) is 11.0. The number of aliphatic hydroxyl groups is 1. The Kier molecular flexibility index (Phi) is 4.54. The molecule has 0 aliphatic carbocycles. The number of hydrogen-bond donors (Lipinski definition) is 2. The fourth-order valence-electron chi connectivity index (χ4n) is 4.06. The van der Waals surface area contributed by atoms with E-state index in [4.69, 9.17) is 8.83 Å². The predicted octanol–water partition coefficient (Wildman–Crippen LogP) is 1.28. The van der Waals surface area contributed by atoms with Crippen LogP contribution in [-0.2, 0) is 21.1 Å². The first-order valence-electron chi connectivity index (χ1n) is 9.19. The van der Waals surface area contributed by atoms with Crippen molar-refractivity contribution in [2.75, 3.05) is 11.5 Å². The van der Waals surface area contributed by atoms with Crippen LogP contribution < -0.4 is 10.9 Å². The van der Waals surface area contributed by atoms with Crippen molar-refractivity contribution < 1.29 is 27.2 Å². The van der Waals surface area contributed by atoms with Gasteiger partial charge >= 0.3 is 5.63 Å². The summed E-state index contributed by atoms with van der Waals surface area (Å²) in [5, 5.41) is 13.9. The van der Waals surface area contributed by atoms with Crippen LogP contribution in [0.4, 0.5) is 0 Å². The molecule has 4 rings (SSSR count). The fraction of sp³-hybridized carbons (Fsp3) is 0.400. The summed E-state index contributed by atoms with van der Waals surface area (Å²) >= 11 is 0. The van der Waals surface area contributed by atoms with E-state index in [1.54, 1.807) is 19.3 Å². The molecule has 29 heavy (non-hydrogen) atoms. The number of nitrogens with one attached hydrogen (secondary N) is 1. The maximum atomic E-state index is 12.5. The Morgan fingerprint density at radius 3 is 2.59 bits per heavy atom. The number of fused-ring (bicyclic) bond motifs is 3. The molecule has 3 heterocycles. The normalized spacial score (nSPS) is 21.1. The highest BCUT2D eigenvalue weighted by Crippen LogP contribution is 2.34. The SMILES string of the molecule is Cc1coc2c1c(C)cc1oc(=O)c(CC(=O)N[C@@H]3CS(=O)(=O)C[C@H]3O)c(C)c12. The number of aryl methyl sites for hydroxylation is 3. The molecule has 0 bridgehead atoms. The van der Waals surface area contributed by atoms with E-state index in [0.29, 0.717) is 22.1 Å². The van der Waals surface area contributed by atoms with Crippen molar-refractivity contribution in [3.63, 3.8) is 0 Å². The molecular weight excluding hydrogens is 398 g/mol. The lowest BCUT2D eigenvalue weighted by molar-refractivity contribution is -0.121. The minimum atomic E-state index is -3.39. The van der Waals surface area contributed by atoms with Gasteiger partial charge in [0.15, 0.2) is 9.84 Å². The lowest BCUT2D eigenvalue weighted by Crippen LogP contribution is -2.43. The summed E-state index contributed by atoms with van der Waals surface area (Å²) in [4.78, 5) is 25.0. The monoisotopic (exact) mass is 419 g/mol. The van der Waals surface area contributed by atoms with Gasteiger partial charge in [0.2, 0.25) is 5.91 Å². The van der Waals surface area contributed by atoms with E-state index in [0.717, 1.165) is 16.5 Å². The number of benzene rings is 1.